The number of aliphatic hydroxyl groups excluding tert-OH is 3. The molecule has 1 heterocycles. The smallest absolute Gasteiger partial charge is 0.305 e. The van der Waals surface area contributed by atoms with Gasteiger partial charge in [0.15, 0.2) is 0 Å². The number of hydrogen-bond acceptors (Lipinski definition) is 6. The first-order valence-electron chi connectivity index (χ1n) is 7.60. The molecule has 7 nitrogen and oxygen atoms in total. The SMILES string of the molecule is COC(=O)CCC[C@H](O)[C@H](O)/C=C/c1nc(C)n(C)c1[C@H](C)O. The first kappa shape index (κ1) is 19.3. The minimum atomic E-state index is -1.07. The molecule has 0 aliphatic carbocycles. The van der Waals surface area contributed by atoms with Gasteiger partial charge in [0.2, 0.25) is 0 Å². The van der Waals surface area contributed by atoms with Crippen LogP contribution in [-0.4, -0.2) is 50.2 Å². The summed E-state index contributed by atoms with van der Waals surface area (Å²) in [5.74, 6) is 0.404. The molecule has 1 aromatic rings. The van der Waals surface area contributed by atoms with Crippen LogP contribution in [0.25, 0.3) is 6.08 Å². The van der Waals surface area contributed by atoms with E-state index < -0.39 is 18.3 Å². The monoisotopic (exact) mass is 326 g/mol. The zero-order valence-corrected chi connectivity index (χ0v) is 14.1. The van der Waals surface area contributed by atoms with Crippen LogP contribution in [0.4, 0.5) is 0 Å². The summed E-state index contributed by atoms with van der Waals surface area (Å²) in [6.45, 7) is 3.47. The molecule has 130 valence electrons. The summed E-state index contributed by atoms with van der Waals surface area (Å²) in [6.07, 6.45) is 1.20. The number of carbonyl (C=O) groups is 1. The van der Waals surface area contributed by atoms with E-state index in [9.17, 15) is 20.1 Å². The number of ether oxygens (including phenoxy) is 1. The number of rotatable bonds is 8. The molecule has 0 spiro atoms. The van der Waals surface area contributed by atoms with Crippen LogP contribution >= 0.6 is 0 Å². The van der Waals surface area contributed by atoms with E-state index in [0.29, 0.717) is 17.8 Å². The average Bonchev–Trinajstić information content (AvgIpc) is 2.79. The highest BCUT2D eigenvalue weighted by atomic mass is 16.5. The van der Waals surface area contributed by atoms with Crippen molar-refractivity contribution in [1.82, 2.24) is 9.55 Å². The lowest BCUT2D eigenvalue weighted by molar-refractivity contribution is -0.140. The zero-order valence-electron chi connectivity index (χ0n) is 14.1. The van der Waals surface area contributed by atoms with Crippen molar-refractivity contribution < 1.29 is 24.9 Å². The molecule has 0 saturated carbocycles. The number of methoxy groups -OCH3 is 1. The number of aryl methyl sites for hydroxylation is 1. The number of hydrogen-bond donors (Lipinski definition) is 3. The second-order valence-corrected chi connectivity index (χ2v) is 5.55. The number of aromatic nitrogens is 2. The fourth-order valence-corrected chi connectivity index (χ4v) is 2.32. The van der Waals surface area contributed by atoms with Gasteiger partial charge in [-0.3, -0.25) is 4.79 Å². The molecular formula is C16H26N2O5. The van der Waals surface area contributed by atoms with Gasteiger partial charge in [-0.1, -0.05) is 6.08 Å². The minimum Gasteiger partial charge on any atom is -0.469 e. The van der Waals surface area contributed by atoms with Crippen molar-refractivity contribution in [3.8, 4) is 0 Å². The first-order valence-corrected chi connectivity index (χ1v) is 7.60. The van der Waals surface area contributed by atoms with E-state index in [1.807, 2.05) is 6.92 Å². The Bertz CT molecular complexity index is 551. The second kappa shape index (κ2) is 8.81. The predicted octanol–water partition coefficient (Wildman–Crippen LogP) is 0.860. The van der Waals surface area contributed by atoms with Crippen molar-refractivity contribution in [2.45, 2.75) is 51.4 Å². The summed E-state index contributed by atoms with van der Waals surface area (Å²) in [4.78, 5) is 15.3. The van der Waals surface area contributed by atoms with E-state index in [2.05, 4.69) is 9.72 Å². The van der Waals surface area contributed by atoms with Gasteiger partial charge in [0.25, 0.3) is 0 Å². The van der Waals surface area contributed by atoms with Crippen LogP contribution in [0.5, 0.6) is 0 Å². The fraction of sp³-hybridized carbons (Fsp3) is 0.625. The number of nitrogens with zero attached hydrogens (tertiary/aromatic N) is 2. The van der Waals surface area contributed by atoms with Crippen molar-refractivity contribution in [1.29, 1.82) is 0 Å². The van der Waals surface area contributed by atoms with Gasteiger partial charge in [-0.25, -0.2) is 4.98 Å². The summed E-state index contributed by atoms with van der Waals surface area (Å²) < 4.78 is 6.30. The number of imidazole rings is 1. The lowest BCUT2D eigenvalue weighted by Gasteiger charge is -2.14. The molecule has 1 rings (SSSR count). The Labute approximate surface area is 136 Å². The molecule has 1 aromatic heterocycles. The van der Waals surface area contributed by atoms with Crippen LogP contribution in [0.3, 0.4) is 0 Å². The second-order valence-electron chi connectivity index (χ2n) is 5.55. The Balaban J connectivity index is 2.66. The highest BCUT2D eigenvalue weighted by Gasteiger charge is 2.17. The van der Waals surface area contributed by atoms with Crippen molar-refractivity contribution in [2.24, 2.45) is 7.05 Å². The zero-order chi connectivity index (χ0) is 17.6. The average molecular weight is 326 g/mol. The first-order chi connectivity index (χ1) is 10.8. The summed E-state index contributed by atoms with van der Waals surface area (Å²) in [5, 5.41) is 29.7. The molecule has 7 heteroatoms. The van der Waals surface area contributed by atoms with E-state index >= 15 is 0 Å². The van der Waals surface area contributed by atoms with Gasteiger partial charge in [0, 0.05) is 13.5 Å². The third-order valence-electron chi connectivity index (χ3n) is 3.74. The Hall–Kier alpha value is -1.70. The highest BCUT2D eigenvalue weighted by molar-refractivity contribution is 5.68. The lowest BCUT2D eigenvalue weighted by atomic mass is 10.1. The molecule has 23 heavy (non-hydrogen) atoms. The molecule has 0 radical (unpaired) electrons. The van der Waals surface area contributed by atoms with Crippen LogP contribution in [0, 0.1) is 6.92 Å². The molecule has 0 fully saturated rings. The largest absolute Gasteiger partial charge is 0.469 e. The van der Waals surface area contributed by atoms with E-state index in [1.165, 1.54) is 13.2 Å². The minimum absolute atomic E-state index is 0.204. The van der Waals surface area contributed by atoms with Gasteiger partial charge in [-0.2, -0.15) is 0 Å². The predicted molar refractivity (Wildman–Crippen MR) is 85.5 cm³/mol. The van der Waals surface area contributed by atoms with Gasteiger partial charge in [0.1, 0.15) is 5.82 Å². The third-order valence-corrected chi connectivity index (χ3v) is 3.74. The van der Waals surface area contributed by atoms with E-state index in [1.54, 1.807) is 24.6 Å². The third kappa shape index (κ3) is 5.46. The Kier molecular flexibility index (Phi) is 7.41. The van der Waals surface area contributed by atoms with Crippen LogP contribution in [0.15, 0.2) is 6.08 Å². The van der Waals surface area contributed by atoms with E-state index in [-0.39, 0.29) is 18.8 Å². The normalized spacial score (nSPS) is 15.6. The topological polar surface area (TPSA) is 105 Å². The van der Waals surface area contributed by atoms with Gasteiger partial charge in [-0.05, 0) is 32.8 Å². The molecule has 0 saturated heterocycles. The Morgan fingerprint density at radius 1 is 1.39 bits per heavy atom. The maximum absolute atomic E-state index is 11.0. The fourth-order valence-electron chi connectivity index (χ4n) is 2.32. The van der Waals surface area contributed by atoms with Crippen LogP contribution in [-0.2, 0) is 16.6 Å². The van der Waals surface area contributed by atoms with Crippen molar-refractivity contribution >= 4 is 12.0 Å². The molecule has 0 aliphatic heterocycles. The molecule has 0 aliphatic rings. The molecule has 0 unspecified atom stereocenters. The van der Waals surface area contributed by atoms with Gasteiger partial charge >= 0.3 is 5.97 Å². The Morgan fingerprint density at radius 2 is 2.04 bits per heavy atom. The lowest BCUT2D eigenvalue weighted by Crippen LogP contribution is -2.23. The van der Waals surface area contributed by atoms with E-state index in [4.69, 9.17) is 0 Å². The molecule has 3 atom stereocenters. The van der Waals surface area contributed by atoms with Crippen LogP contribution in [0.2, 0.25) is 0 Å². The summed E-state index contributed by atoms with van der Waals surface area (Å²) in [6, 6.07) is 0. The number of esters is 1. The summed E-state index contributed by atoms with van der Waals surface area (Å²) in [7, 11) is 3.12. The molecule has 0 aromatic carbocycles. The van der Waals surface area contributed by atoms with E-state index in [0.717, 1.165) is 5.82 Å². The van der Waals surface area contributed by atoms with Crippen molar-refractivity contribution in [2.75, 3.05) is 7.11 Å². The maximum Gasteiger partial charge on any atom is 0.305 e. The van der Waals surface area contributed by atoms with Crippen molar-refractivity contribution in [3.05, 3.63) is 23.3 Å². The van der Waals surface area contributed by atoms with Gasteiger partial charge in [0.05, 0.1) is 36.8 Å². The van der Waals surface area contributed by atoms with Gasteiger partial charge < -0.3 is 24.6 Å². The number of aliphatic hydroxyl groups is 3. The Morgan fingerprint density at radius 3 is 2.61 bits per heavy atom. The van der Waals surface area contributed by atoms with Crippen LogP contribution in [0.1, 0.15) is 49.5 Å². The van der Waals surface area contributed by atoms with Gasteiger partial charge in [-0.15, -0.1) is 0 Å². The molecular weight excluding hydrogens is 300 g/mol. The summed E-state index contributed by atoms with van der Waals surface area (Å²) >= 11 is 0. The molecule has 0 amide bonds. The quantitative estimate of drug-likeness (QED) is 0.612. The standard InChI is InChI=1S/C16H26N2O5/c1-10(19)16-12(17-11(2)18(16)3)8-9-14(21)13(20)6-5-7-15(22)23-4/h8-10,13-14,19-21H,5-7H2,1-4H3/b9-8+/t10-,13-,14+/m0/s1. The summed E-state index contributed by atoms with van der Waals surface area (Å²) in [5.41, 5.74) is 1.20. The van der Waals surface area contributed by atoms with Crippen LogP contribution < -0.4 is 0 Å². The molecule has 3 N–H and O–H groups in total. The molecule has 0 bridgehead atoms. The van der Waals surface area contributed by atoms with Crippen molar-refractivity contribution in [3.63, 3.8) is 0 Å². The maximum atomic E-state index is 11.0. The highest BCUT2D eigenvalue weighted by Crippen LogP contribution is 2.20. The number of carbonyl (C=O) groups excluding carboxylic acids is 1.